The molecule has 1 aliphatic rings. The van der Waals surface area contributed by atoms with Crippen molar-refractivity contribution in [2.75, 3.05) is 13.1 Å². The van der Waals surface area contributed by atoms with Crippen molar-refractivity contribution in [1.29, 1.82) is 0 Å². The average Bonchev–Trinajstić information content (AvgIpc) is 3.26. The molecule has 0 saturated carbocycles. The molecule has 1 aromatic carbocycles. The maximum absolute atomic E-state index is 13.0. The Bertz CT molecular complexity index is 888. The number of likely N-dealkylation sites (tertiary alicyclic amines) is 1. The van der Waals surface area contributed by atoms with Crippen LogP contribution in [-0.4, -0.2) is 42.5 Å². The second-order valence-electron chi connectivity index (χ2n) is 6.30. The van der Waals surface area contributed by atoms with Crippen molar-refractivity contribution in [1.82, 2.24) is 29.4 Å². The van der Waals surface area contributed by atoms with Gasteiger partial charge in [0.15, 0.2) is 0 Å². The van der Waals surface area contributed by atoms with Crippen LogP contribution in [0, 0.1) is 5.82 Å². The van der Waals surface area contributed by atoms with Gasteiger partial charge in [0.05, 0.1) is 11.4 Å². The second kappa shape index (κ2) is 6.64. The first kappa shape index (κ1) is 15.8. The fourth-order valence-electron chi connectivity index (χ4n) is 3.28. The molecule has 130 valence electrons. The quantitative estimate of drug-likeness (QED) is 0.784. The molecule has 4 rings (SSSR count). The van der Waals surface area contributed by atoms with E-state index in [9.17, 15) is 9.18 Å². The summed E-state index contributed by atoms with van der Waals surface area (Å²) in [5.74, 6) is -0.254. The maximum atomic E-state index is 13.0. The van der Waals surface area contributed by atoms with E-state index in [1.54, 1.807) is 27.7 Å². The summed E-state index contributed by atoms with van der Waals surface area (Å²) in [7, 11) is 0. The van der Waals surface area contributed by atoms with E-state index in [2.05, 4.69) is 20.2 Å². The summed E-state index contributed by atoms with van der Waals surface area (Å²) in [6.07, 6.45) is 5.30. The summed E-state index contributed by atoms with van der Waals surface area (Å²) in [4.78, 5) is 14.0. The highest BCUT2D eigenvalue weighted by Gasteiger charge is 2.22. The number of hydrogen-bond acceptors (Lipinski definition) is 4. The Balaban J connectivity index is 1.37. The van der Waals surface area contributed by atoms with Gasteiger partial charge in [0.1, 0.15) is 12.1 Å². The summed E-state index contributed by atoms with van der Waals surface area (Å²) < 4.78 is 16.4. The minimum Gasteiger partial charge on any atom is -0.297 e. The molecule has 8 heteroatoms. The topological polar surface area (TPSA) is 71.7 Å². The predicted molar refractivity (Wildman–Crippen MR) is 89.9 cm³/mol. The third kappa shape index (κ3) is 3.39. The number of H-pyrrole nitrogens is 1. The Labute approximate surface area is 143 Å². The first-order valence-corrected chi connectivity index (χ1v) is 8.33. The molecule has 0 bridgehead atoms. The lowest BCUT2D eigenvalue weighted by molar-refractivity contribution is 0.176. The van der Waals surface area contributed by atoms with Gasteiger partial charge in [-0.3, -0.25) is 9.47 Å². The molecule has 0 atom stereocenters. The first-order valence-electron chi connectivity index (χ1n) is 8.33. The Morgan fingerprint density at radius 3 is 2.60 bits per heavy atom. The van der Waals surface area contributed by atoms with Crippen LogP contribution in [0.15, 0.2) is 47.7 Å². The molecule has 0 aliphatic carbocycles. The average molecular weight is 342 g/mol. The molecule has 3 heterocycles. The second-order valence-corrected chi connectivity index (χ2v) is 6.30. The molecule has 0 spiro atoms. The van der Waals surface area contributed by atoms with Gasteiger partial charge in [-0.2, -0.15) is 10.2 Å². The number of benzene rings is 1. The van der Waals surface area contributed by atoms with Crippen molar-refractivity contribution in [3.63, 3.8) is 0 Å². The van der Waals surface area contributed by atoms with E-state index in [-0.39, 0.29) is 17.5 Å². The first-order chi connectivity index (χ1) is 12.2. The van der Waals surface area contributed by atoms with E-state index in [1.165, 1.54) is 12.1 Å². The van der Waals surface area contributed by atoms with Gasteiger partial charge in [-0.1, -0.05) is 0 Å². The standard InChI is InChI=1S/C17H19FN6O/c18-13-1-3-16(4-2-13)24-10-5-14(21-24)11-22-8-6-15(7-9-22)23-12-19-20-17(23)25/h1-5,10,12,15H,6-9,11H2,(H,20,25). The Hall–Kier alpha value is -2.74. The number of nitrogens with one attached hydrogen (secondary N) is 1. The molecule has 7 nitrogen and oxygen atoms in total. The van der Waals surface area contributed by atoms with E-state index in [4.69, 9.17) is 0 Å². The van der Waals surface area contributed by atoms with Gasteiger partial charge in [-0.25, -0.2) is 19.0 Å². The minimum atomic E-state index is -0.254. The fourth-order valence-corrected chi connectivity index (χ4v) is 3.28. The van der Waals surface area contributed by atoms with Crippen LogP contribution >= 0.6 is 0 Å². The molecule has 0 amide bonds. The van der Waals surface area contributed by atoms with Crippen LogP contribution in [0.5, 0.6) is 0 Å². The molecule has 1 N–H and O–H groups in total. The van der Waals surface area contributed by atoms with E-state index < -0.39 is 0 Å². The summed E-state index contributed by atoms with van der Waals surface area (Å²) in [5.41, 5.74) is 1.67. The van der Waals surface area contributed by atoms with Gasteiger partial charge in [0, 0.05) is 31.9 Å². The highest BCUT2D eigenvalue weighted by atomic mass is 19.1. The van der Waals surface area contributed by atoms with Crippen LogP contribution in [0.1, 0.15) is 24.6 Å². The zero-order valence-corrected chi connectivity index (χ0v) is 13.7. The van der Waals surface area contributed by atoms with E-state index in [0.29, 0.717) is 0 Å². The summed E-state index contributed by atoms with van der Waals surface area (Å²) in [6, 6.07) is 8.47. The molecule has 1 saturated heterocycles. The lowest BCUT2D eigenvalue weighted by atomic mass is 10.0. The van der Waals surface area contributed by atoms with Crippen LogP contribution in [0.3, 0.4) is 0 Å². The van der Waals surface area contributed by atoms with Gasteiger partial charge < -0.3 is 0 Å². The van der Waals surface area contributed by atoms with Gasteiger partial charge in [-0.15, -0.1) is 0 Å². The number of halogens is 1. The Morgan fingerprint density at radius 1 is 1.16 bits per heavy atom. The Morgan fingerprint density at radius 2 is 1.92 bits per heavy atom. The molecule has 0 radical (unpaired) electrons. The lowest BCUT2D eigenvalue weighted by Crippen LogP contribution is -2.36. The largest absolute Gasteiger partial charge is 0.343 e. The number of aromatic nitrogens is 5. The summed E-state index contributed by atoms with van der Waals surface area (Å²) >= 11 is 0. The van der Waals surface area contributed by atoms with Crippen molar-refractivity contribution in [3.05, 3.63) is 64.9 Å². The van der Waals surface area contributed by atoms with Crippen molar-refractivity contribution < 1.29 is 4.39 Å². The third-order valence-corrected chi connectivity index (χ3v) is 4.65. The van der Waals surface area contributed by atoms with Crippen molar-refractivity contribution in [2.45, 2.75) is 25.4 Å². The monoisotopic (exact) mass is 342 g/mol. The third-order valence-electron chi connectivity index (χ3n) is 4.65. The van der Waals surface area contributed by atoms with E-state index in [0.717, 1.165) is 43.9 Å². The molecule has 0 unspecified atom stereocenters. The number of rotatable bonds is 4. The predicted octanol–water partition coefficient (Wildman–Crippen LogP) is 1.73. The van der Waals surface area contributed by atoms with Crippen LogP contribution < -0.4 is 5.69 Å². The zero-order valence-electron chi connectivity index (χ0n) is 13.7. The molecule has 1 fully saturated rings. The summed E-state index contributed by atoms with van der Waals surface area (Å²) in [6.45, 7) is 2.58. The number of piperidine rings is 1. The SMILES string of the molecule is O=c1[nH]ncn1C1CCN(Cc2ccn(-c3ccc(F)cc3)n2)CC1. The van der Waals surface area contributed by atoms with E-state index in [1.807, 2.05) is 12.3 Å². The van der Waals surface area contributed by atoms with Gasteiger partial charge in [-0.05, 0) is 43.2 Å². The lowest BCUT2D eigenvalue weighted by Gasteiger charge is -2.31. The molecule has 2 aromatic heterocycles. The minimum absolute atomic E-state index is 0.142. The van der Waals surface area contributed by atoms with Crippen LogP contribution in [0.4, 0.5) is 4.39 Å². The number of hydrogen-bond donors (Lipinski definition) is 1. The maximum Gasteiger partial charge on any atom is 0.343 e. The van der Waals surface area contributed by atoms with Gasteiger partial charge >= 0.3 is 5.69 Å². The fraction of sp³-hybridized carbons (Fsp3) is 0.353. The molecule has 25 heavy (non-hydrogen) atoms. The van der Waals surface area contributed by atoms with Crippen LogP contribution in [0.25, 0.3) is 5.69 Å². The molecule has 3 aromatic rings. The number of aromatic amines is 1. The van der Waals surface area contributed by atoms with Crippen molar-refractivity contribution >= 4 is 0 Å². The zero-order chi connectivity index (χ0) is 17.2. The van der Waals surface area contributed by atoms with Crippen molar-refractivity contribution in [3.8, 4) is 5.69 Å². The van der Waals surface area contributed by atoms with Gasteiger partial charge in [0.25, 0.3) is 0 Å². The van der Waals surface area contributed by atoms with E-state index >= 15 is 0 Å². The normalized spacial score (nSPS) is 16.4. The van der Waals surface area contributed by atoms with Gasteiger partial charge in [0.2, 0.25) is 0 Å². The summed E-state index contributed by atoms with van der Waals surface area (Å²) in [5, 5.41) is 10.8. The van der Waals surface area contributed by atoms with Crippen LogP contribution in [0.2, 0.25) is 0 Å². The Kier molecular flexibility index (Phi) is 4.19. The highest BCUT2D eigenvalue weighted by molar-refractivity contribution is 5.31. The number of nitrogens with zero attached hydrogens (tertiary/aromatic N) is 5. The molecular weight excluding hydrogens is 323 g/mol. The molecule has 1 aliphatic heterocycles. The van der Waals surface area contributed by atoms with Crippen LogP contribution in [-0.2, 0) is 6.54 Å². The highest BCUT2D eigenvalue weighted by Crippen LogP contribution is 2.21. The molecular formula is C17H19FN6O. The smallest absolute Gasteiger partial charge is 0.297 e. The van der Waals surface area contributed by atoms with Crippen molar-refractivity contribution in [2.24, 2.45) is 0 Å².